The zero-order chi connectivity index (χ0) is 18.7. The third-order valence-corrected chi connectivity index (χ3v) is 4.85. The average Bonchev–Trinajstić information content (AvgIpc) is 2.67. The van der Waals surface area contributed by atoms with E-state index < -0.39 is 0 Å². The number of anilines is 1. The van der Waals surface area contributed by atoms with Crippen LogP contribution in [-0.4, -0.2) is 49.4 Å². The highest BCUT2D eigenvalue weighted by atomic mass is 35.5. The number of hydrogen-bond acceptors (Lipinski definition) is 3. The lowest BCUT2D eigenvalue weighted by molar-refractivity contribution is -0.116. The van der Waals surface area contributed by atoms with Crippen LogP contribution in [-0.2, 0) is 4.79 Å². The number of piperazine rings is 1. The van der Waals surface area contributed by atoms with Gasteiger partial charge in [-0.2, -0.15) is 0 Å². The van der Waals surface area contributed by atoms with Gasteiger partial charge in [0.2, 0.25) is 5.91 Å². The van der Waals surface area contributed by atoms with E-state index in [0.29, 0.717) is 6.04 Å². The number of nitrogens with zero attached hydrogens (tertiary/aromatic N) is 2. The van der Waals surface area contributed by atoms with Crippen molar-refractivity contribution < 1.29 is 9.59 Å². The molecule has 2 aromatic rings. The maximum absolute atomic E-state index is 12.6. The maximum atomic E-state index is 12.6. The third-order valence-electron chi connectivity index (χ3n) is 4.85. The first kappa shape index (κ1) is 20.9. The Morgan fingerprint density at radius 3 is 2.11 bits per heavy atom. The van der Waals surface area contributed by atoms with E-state index in [1.54, 1.807) is 18.9 Å². The topological polar surface area (TPSA) is 52.7 Å². The minimum Gasteiger partial charge on any atom is -0.336 e. The normalized spacial score (nSPS) is 16.4. The lowest BCUT2D eigenvalue weighted by Gasteiger charge is -2.32. The van der Waals surface area contributed by atoms with Crippen molar-refractivity contribution in [3.8, 4) is 11.1 Å². The fourth-order valence-corrected chi connectivity index (χ4v) is 3.16. The molecule has 1 aliphatic rings. The molecule has 5 nitrogen and oxygen atoms in total. The SMILES string of the molecule is CC(=O)N(C)c1ccc(-c2ccc(C(=O)N3CCNC(C)C3)cc2)cc1.Cl. The summed E-state index contributed by atoms with van der Waals surface area (Å²) in [5.41, 5.74) is 3.68. The quantitative estimate of drug-likeness (QED) is 0.879. The number of amides is 2. The van der Waals surface area contributed by atoms with Gasteiger partial charge in [-0.25, -0.2) is 0 Å². The lowest BCUT2D eigenvalue weighted by atomic mass is 10.0. The molecule has 1 unspecified atom stereocenters. The van der Waals surface area contributed by atoms with E-state index in [1.165, 1.54) is 0 Å². The van der Waals surface area contributed by atoms with Crippen LogP contribution in [0.3, 0.4) is 0 Å². The van der Waals surface area contributed by atoms with E-state index in [0.717, 1.165) is 42.0 Å². The summed E-state index contributed by atoms with van der Waals surface area (Å²) >= 11 is 0. The number of rotatable bonds is 3. The molecule has 1 N–H and O–H groups in total. The molecule has 0 aliphatic carbocycles. The smallest absolute Gasteiger partial charge is 0.253 e. The van der Waals surface area contributed by atoms with Crippen LogP contribution in [0.15, 0.2) is 48.5 Å². The van der Waals surface area contributed by atoms with Gasteiger partial charge in [0.05, 0.1) is 0 Å². The largest absolute Gasteiger partial charge is 0.336 e. The number of halogens is 1. The zero-order valence-electron chi connectivity index (χ0n) is 15.9. The lowest BCUT2D eigenvalue weighted by Crippen LogP contribution is -2.51. The minimum atomic E-state index is 0. The van der Waals surface area contributed by atoms with Crippen molar-refractivity contribution in [1.82, 2.24) is 10.2 Å². The number of carbonyl (C=O) groups is 2. The minimum absolute atomic E-state index is 0. The summed E-state index contributed by atoms with van der Waals surface area (Å²) in [7, 11) is 1.76. The highest BCUT2D eigenvalue weighted by Gasteiger charge is 2.21. The molecule has 2 amide bonds. The van der Waals surface area contributed by atoms with E-state index in [2.05, 4.69) is 12.2 Å². The van der Waals surface area contributed by atoms with Crippen molar-refractivity contribution in [3.63, 3.8) is 0 Å². The number of carbonyl (C=O) groups excluding carboxylic acids is 2. The van der Waals surface area contributed by atoms with Crippen LogP contribution in [0.25, 0.3) is 11.1 Å². The highest BCUT2D eigenvalue weighted by molar-refractivity contribution is 5.95. The second-order valence-electron chi connectivity index (χ2n) is 6.81. The zero-order valence-corrected chi connectivity index (χ0v) is 16.8. The molecule has 1 atom stereocenters. The fourth-order valence-electron chi connectivity index (χ4n) is 3.16. The van der Waals surface area contributed by atoms with E-state index in [-0.39, 0.29) is 24.2 Å². The van der Waals surface area contributed by atoms with Crippen LogP contribution in [0.5, 0.6) is 0 Å². The van der Waals surface area contributed by atoms with Crippen LogP contribution in [0, 0.1) is 0 Å². The molecule has 27 heavy (non-hydrogen) atoms. The van der Waals surface area contributed by atoms with E-state index in [1.807, 2.05) is 53.4 Å². The van der Waals surface area contributed by atoms with Gasteiger partial charge in [0.15, 0.2) is 0 Å². The van der Waals surface area contributed by atoms with Gasteiger partial charge >= 0.3 is 0 Å². The molecule has 144 valence electrons. The van der Waals surface area contributed by atoms with Gasteiger partial charge in [0.25, 0.3) is 5.91 Å². The molecule has 6 heteroatoms. The molecule has 2 aromatic carbocycles. The van der Waals surface area contributed by atoms with Gasteiger partial charge in [0.1, 0.15) is 0 Å². The standard InChI is InChI=1S/C21H25N3O2.ClH/c1-15-14-24(13-12-22-15)21(26)19-6-4-17(5-7-19)18-8-10-20(11-9-18)23(3)16(2)25;/h4-11,15,22H,12-14H2,1-3H3;1H. The number of hydrogen-bond donors (Lipinski definition) is 1. The maximum Gasteiger partial charge on any atom is 0.253 e. The second-order valence-corrected chi connectivity index (χ2v) is 6.81. The predicted molar refractivity (Wildman–Crippen MR) is 112 cm³/mol. The molecule has 1 saturated heterocycles. The summed E-state index contributed by atoms with van der Waals surface area (Å²) < 4.78 is 0. The molecule has 1 heterocycles. The Morgan fingerprint density at radius 1 is 1.04 bits per heavy atom. The number of nitrogens with one attached hydrogen (secondary N) is 1. The van der Waals surface area contributed by atoms with E-state index in [9.17, 15) is 9.59 Å². The Bertz CT molecular complexity index is 790. The molecular formula is C21H26ClN3O2. The Kier molecular flexibility index (Phi) is 6.99. The Labute approximate surface area is 166 Å². The Balaban J connectivity index is 0.00000261. The van der Waals surface area contributed by atoms with Gasteiger partial charge in [-0.05, 0) is 42.3 Å². The first-order chi connectivity index (χ1) is 12.5. The molecule has 3 rings (SSSR count). The van der Waals surface area contributed by atoms with Crippen LogP contribution in [0.1, 0.15) is 24.2 Å². The molecule has 0 spiro atoms. The summed E-state index contributed by atoms with van der Waals surface area (Å²) in [5.74, 6) is 0.0891. The molecule has 1 aliphatic heterocycles. The highest BCUT2D eigenvalue weighted by Crippen LogP contribution is 2.23. The van der Waals surface area contributed by atoms with Crippen molar-refractivity contribution in [2.24, 2.45) is 0 Å². The molecular weight excluding hydrogens is 362 g/mol. The van der Waals surface area contributed by atoms with Crippen molar-refractivity contribution in [2.45, 2.75) is 19.9 Å². The second kappa shape index (κ2) is 9.02. The average molecular weight is 388 g/mol. The van der Waals surface area contributed by atoms with Crippen molar-refractivity contribution in [2.75, 3.05) is 31.6 Å². The van der Waals surface area contributed by atoms with Crippen molar-refractivity contribution >= 4 is 29.9 Å². The van der Waals surface area contributed by atoms with Gasteiger partial charge in [-0.3, -0.25) is 9.59 Å². The predicted octanol–water partition coefficient (Wildman–Crippen LogP) is 3.19. The Morgan fingerprint density at radius 2 is 1.59 bits per heavy atom. The molecule has 0 aromatic heterocycles. The van der Waals surface area contributed by atoms with Gasteiger partial charge in [-0.1, -0.05) is 24.3 Å². The van der Waals surface area contributed by atoms with E-state index in [4.69, 9.17) is 0 Å². The molecule has 0 saturated carbocycles. The summed E-state index contributed by atoms with van der Waals surface area (Å²) in [5, 5.41) is 3.35. The van der Waals surface area contributed by atoms with Crippen LogP contribution in [0.2, 0.25) is 0 Å². The Hall–Kier alpha value is -2.37. The van der Waals surface area contributed by atoms with Gasteiger partial charge < -0.3 is 15.1 Å². The molecule has 0 radical (unpaired) electrons. The van der Waals surface area contributed by atoms with Crippen LogP contribution >= 0.6 is 12.4 Å². The van der Waals surface area contributed by atoms with Gasteiger partial charge in [-0.15, -0.1) is 12.4 Å². The van der Waals surface area contributed by atoms with Crippen LogP contribution in [0.4, 0.5) is 5.69 Å². The monoisotopic (exact) mass is 387 g/mol. The first-order valence-electron chi connectivity index (χ1n) is 8.93. The summed E-state index contributed by atoms with van der Waals surface area (Å²) in [6.07, 6.45) is 0. The van der Waals surface area contributed by atoms with Crippen molar-refractivity contribution in [3.05, 3.63) is 54.1 Å². The summed E-state index contributed by atoms with van der Waals surface area (Å²) in [6.45, 7) is 5.96. The fraction of sp³-hybridized carbons (Fsp3) is 0.333. The summed E-state index contributed by atoms with van der Waals surface area (Å²) in [6, 6.07) is 15.9. The van der Waals surface area contributed by atoms with Gasteiger partial charge in [0, 0.05) is 50.9 Å². The van der Waals surface area contributed by atoms with Crippen LogP contribution < -0.4 is 10.2 Å². The first-order valence-corrected chi connectivity index (χ1v) is 8.93. The van der Waals surface area contributed by atoms with Crippen molar-refractivity contribution in [1.29, 1.82) is 0 Å². The van der Waals surface area contributed by atoms with E-state index >= 15 is 0 Å². The number of benzene rings is 2. The molecule has 0 bridgehead atoms. The third kappa shape index (κ3) is 4.87. The molecule has 1 fully saturated rings. The summed E-state index contributed by atoms with van der Waals surface area (Å²) in [4.78, 5) is 27.6.